The number of carbonyl (C=O) groups is 2. The third kappa shape index (κ3) is 5.77. The van der Waals surface area contributed by atoms with Crippen molar-refractivity contribution in [3.8, 4) is 6.07 Å². The van der Waals surface area contributed by atoms with Crippen molar-refractivity contribution in [2.75, 3.05) is 17.3 Å². The lowest BCUT2D eigenvalue weighted by atomic mass is 9.91. The molecular formula is C25H29N7O2S2. The highest BCUT2D eigenvalue weighted by Crippen LogP contribution is 2.40. The van der Waals surface area contributed by atoms with Gasteiger partial charge in [-0.05, 0) is 87.7 Å². The molecule has 0 aliphatic heterocycles. The molecule has 2 aromatic rings. The number of hydrogen-bond acceptors (Lipinski definition) is 7. The number of nitrogens with zero attached hydrogens (tertiary/aromatic N) is 2. The number of rotatable bonds is 8. The maximum absolute atomic E-state index is 13.2. The molecule has 2 amide bonds. The van der Waals surface area contributed by atoms with Gasteiger partial charge in [-0.25, -0.2) is 4.98 Å². The number of nitrogens with one attached hydrogen (secondary N) is 5. The van der Waals surface area contributed by atoms with Crippen LogP contribution in [0, 0.1) is 30.1 Å². The monoisotopic (exact) mass is 523 g/mol. The fraction of sp³-hybridized carbons (Fsp3) is 0.480. The molecule has 2 fully saturated rings. The van der Waals surface area contributed by atoms with Crippen molar-refractivity contribution in [3.63, 3.8) is 0 Å². The van der Waals surface area contributed by atoms with E-state index in [-0.39, 0.29) is 23.8 Å². The van der Waals surface area contributed by atoms with Crippen LogP contribution in [0.25, 0.3) is 0 Å². The Morgan fingerprint density at radius 3 is 2.72 bits per heavy atom. The lowest BCUT2D eigenvalue weighted by Crippen LogP contribution is -2.46. The number of pyridine rings is 1. The molecule has 0 unspecified atom stereocenters. The molecule has 5 rings (SSSR count). The molecule has 36 heavy (non-hydrogen) atoms. The standard InChI is InChI=1S/C25H29N7O2S2/c1-13-19(8-6-17(11-26)28-13)31-32-25(35)29-16-7-9-20-18(10-16)21(23(34)27-12-14-2-3-14)24(36-20)30-22(33)15-4-5-15/h6,8,14-16,31H,2-5,7,9-10,12H2,1H3,(H,27,34)(H,30,33)(H2,29,32,35)/t16-/m0/s1. The van der Waals surface area contributed by atoms with Crippen LogP contribution in [0.4, 0.5) is 10.7 Å². The smallest absolute Gasteiger partial charge is 0.254 e. The lowest BCUT2D eigenvalue weighted by Gasteiger charge is -2.26. The summed E-state index contributed by atoms with van der Waals surface area (Å²) in [7, 11) is 0. The Kier molecular flexibility index (Phi) is 7.07. The first kappa shape index (κ1) is 24.5. The van der Waals surface area contributed by atoms with E-state index >= 15 is 0 Å². The average Bonchev–Trinajstić information content (AvgIpc) is 3.78. The highest BCUT2D eigenvalue weighted by molar-refractivity contribution is 7.80. The number of aromatic nitrogens is 1. The Bertz CT molecular complexity index is 1240. The van der Waals surface area contributed by atoms with Crippen molar-refractivity contribution in [1.29, 1.82) is 5.26 Å². The topological polar surface area (TPSA) is 131 Å². The summed E-state index contributed by atoms with van der Waals surface area (Å²) in [5.41, 5.74) is 9.43. The molecule has 2 heterocycles. The first-order valence-electron chi connectivity index (χ1n) is 12.3. The summed E-state index contributed by atoms with van der Waals surface area (Å²) in [6, 6.07) is 5.49. The van der Waals surface area contributed by atoms with Gasteiger partial charge >= 0.3 is 0 Å². The minimum Gasteiger partial charge on any atom is -0.358 e. The maximum atomic E-state index is 13.2. The van der Waals surface area contributed by atoms with Gasteiger partial charge < -0.3 is 16.0 Å². The highest BCUT2D eigenvalue weighted by atomic mass is 32.1. The van der Waals surface area contributed by atoms with Crippen LogP contribution in [0.15, 0.2) is 12.1 Å². The van der Waals surface area contributed by atoms with Crippen molar-refractivity contribution in [3.05, 3.63) is 39.5 Å². The van der Waals surface area contributed by atoms with Crippen LogP contribution in [0.2, 0.25) is 0 Å². The molecule has 5 N–H and O–H groups in total. The summed E-state index contributed by atoms with van der Waals surface area (Å²) >= 11 is 7.03. The van der Waals surface area contributed by atoms with Crippen molar-refractivity contribution in [1.82, 2.24) is 21.0 Å². The van der Waals surface area contributed by atoms with Crippen LogP contribution in [-0.2, 0) is 17.6 Å². The summed E-state index contributed by atoms with van der Waals surface area (Å²) < 4.78 is 0. The predicted octanol–water partition coefficient (Wildman–Crippen LogP) is 3.16. The van der Waals surface area contributed by atoms with Gasteiger partial charge in [0.05, 0.1) is 16.9 Å². The fourth-order valence-electron chi connectivity index (χ4n) is 4.34. The number of aryl methyl sites for hydroxylation is 2. The zero-order chi connectivity index (χ0) is 25.2. The Balaban J connectivity index is 1.24. The SMILES string of the molecule is Cc1nc(C#N)ccc1NNC(=S)N[C@H]1CCc2sc(NC(=O)C3CC3)c(C(=O)NCC3CC3)c2C1. The van der Waals surface area contributed by atoms with E-state index in [1.807, 2.05) is 13.0 Å². The van der Waals surface area contributed by atoms with Crippen molar-refractivity contribution in [2.45, 2.75) is 57.9 Å². The third-order valence-electron chi connectivity index (χ3n) is 6.77. The summed E-state index contributed by atoms with van der Waals surface area (Å²) in [5.74, 6) is 0.570. The molecule has 11 heteroatoms. The van der Waals surface area contributed by atoms with E-state index in [4.69, 9.17) is 17.5 Å². The second-order valence-corrected chi connectivity index (χ2v) is 11.2. The second-order valence-electron chi connectivity index (χ2n) is 9.73. The number of thiocarbonyl (C=S) groups is 1. The van der Waals surface area contributed by atoms with Gasteiger partial charge in [0.15, 0.2) is 5.11 Å². The molecule has 188 valence electrons. The predicted molar refractivity (Wildman–Crippen MR) is 143 cm³/mol. The van der Waals surface area contributed by atoms with Gasteiger partial charge in [0.2, 0.25) is 5.91 Å². The molecule has 2 saturated carbocycles. The number of hydrazine groups is 1. The zero-order valence-corrected chi connectivity index (χ0v) is 21.7. The number of carbonyl (C=O) groups excluding carboxylic acids is 2. The number of nitriles is 1. The van der Waals surface area contributed by atoms with E-state index < -0.39 is 0 Å². The average molecular weight is 524 g/mol. The van der Waals surface area contributed by atoms with Gasteiger partial charge in [-0.15, -0.1) is 11.3 Å². The minimum absolute atomic E-state index is 0.0172. The molecule has 1 atom stereocenters. The summed E-state index contributed by atoms with van der Waals surface area (Å²) in [6.45, 7) is 2.50. The van der Waals surface area contributed by atoms with E-state index in [0.717, 1.165) is 54.7 Å². The van der Waals surface area contributed by atoms with Crippen LogP contribution in [0.5, 0.6) is 0 Å². The number of amides is 2. The molecule has 3 aliphatic rings. The lowest BCUT2D eigenvalue weighted by molar-refractivity contribution is -0.117. The molecular weight excluding hydrogens is 494 g/mol. The van der Waals surface area contributed by atoms with E-state index in [9.17, 15) is 9.59 Å². The normalized spacial score (nSPS) is 18.4. The molecule has 0 saturated heterocycles. The zero-order valence-electron chi connectivity index (χ0n) is 20.1. The molecule has 0 bridgehead atoms. The Morgan fingerprint density at radius 2 is 2.03 bits per heavy atom. The van der Waals surface area contributed by atoms with E-state index in [1.54, 1.807) is 12.1 Å². The second kappa shape index (κ2) is 10.4. The van der Waals surface area contributed by atoms with Crippen molar-refractivity contribution in [2.24, 2.45) is 11.8 Å². The van der Waals surface area contributed by atoms with Gasteiger partial charge in [-0.1, -0.05) is 0 Å². The quantitative estimate of drug-likeness (QED) is 0.263. The van der Waals surface area contributed by atoms with Gasteiger partial charge in [0, 0.05) is 23.4 Å². The fourth-order valence-corrected chi connectivity index (χ4v) is 5.81. The minimum atomic E-state index is -0.0997. The first-order chi connectivity index (χ1) is 17.4. The Morgan fingerprint density at radius 1 is 1.22 bits per heavy atom. The van der Waals surface area contributed by atoms with Gasteiger partial charge in [-0.2, -0.15) is 5.26 Å². The van der Waals surface area contributed by atoms with Gasteiger partial charge in [0.1, 0.15) is 16.8 Å². The molecule has 0 radical (unpaired) electrons. The first-order valence-corrected chi connectivity index (χ1v) is 13.6. The Labute approximate surface area is 219 Å². The summed E-state index contributed by atoms with van der Waals surface area (Å²) in [6.07, 6.45) is 6.49. The van der Waals surface area contributed by atoms with E-state index in [0.29, 0.717) is 45.9 Å². The molecule has 0 spiro atoms. The van der Waals surface area contributed by atoms with Gasteiger partial charge in [-0.3, -0.25) is 20.4 Å². The molecule has 9 nitrogen and oxygen atoms in total. The number of anilines is 2. The van der Waals surface area contributed by atoms with Crippen LogP contribution in [0.3, 0.4) is 0 Å². The maximum Gasteiger partial charge on any atom is 0.254 e. The Hall–Kier alpha value is -3.23. The highest BCUT2D eigenvalue weighted by Gasteiger charge is 2.34. The van der Waals surface area contributed by atoms with Gasteiger partial charge in [0.25, 0.3) is 5.91 Å². The van der Waals surface area contributed by atoms with Crippen LogP contribution < -0.4 is 26.8 Å². The van der Waals surface area contributed by atoms with Crippen LogP contribution in [0.1, 0.15) is 64.3 Å². The van der Waals surface area contributed by atoms with E-state index in [1.165, 1.54) is 11.3 Å². The summed E-state index contributed by atoms with van der Waals surface area (Å²) in [5, 5.41) is 19.6. The largest absolute Gasteiger partial charge is 0.358 e. The number of hydrogen-bond donors (Lipinski definition) is 5. The van der Waals surface area contributed by atoms with Crippen LogP contribution in [-0.4, -0.2) is 34.5 Å². The summed E-state index contributed by atoms with van der Waals surface area (Å²) in [4.78, 5) is 31.1. The van der Waals surface area contributed by atoms with Crippen molar-refractivity contribution >= 4 is 51.2 Å². The molecule has 2 aromatic heterocycles. The molecule has 0 aromatic carbocycles. The van der Waals surface area contributed by atoms with Crippen LogP contribution >= 0.6 is 23.6 Å². The van der Waals surface area contributed by atoms with E-state index in [2.05, 4.69) is 31.8 Å². The van der Waals surface area contributed by atoms with Crippen molar-refractivity contribution < 1.29 is 9.59 Å². The number of fused-ring (bicyclic) bond motifs is 1. The number of thiophene rings is 1. The molecule has 3 aliphatic carbocycles. The third-order valence-corrected chi connectivity index (χ3v) is 8.19.